The molecule has 0 atom stereocenters. The summed E-state index contributed by atoms with van der Waals surface area (Å²) in [4.78, 5) is 12.0. The van der Waals surface area contributed by atoms with E-state index in [4.69, 9.17) is 9.15 Å². The average molecular weight is 343 g/mol. The van der Waals surface area contributed by atoms with Gasteiger partial charge in [0, 0.05) is 35.9 Å². The smallest absolute Gasteiger partial charge is 0.248 e. The highest BCUT2D eigenvalue weighted by Crippen LogP contribution is 2.21. The molecule has 0 aliphatic carbocycles. The predicted octanol–water partition coefficient (Wildman–Crippen LogP) is 3.06. The van der Waals surface area contributed by atoms with Gasteiger partial charge in [-0.3, -0.25) is 4.79 Å². The number of methoxy groups -OCH3 is 1. The summed E-state index contributed by atoms with van der Waals surface area (Å²) in [5.74, 6) is 1.63. The second-order valence-corrected chi connectivity index (χ2v) is 5.88. The molecule has 2 heterocycles. The highest BCUT2D eigenvalue weighted by atomic mass is 32.1. The van der Waals surface area contributed by atoms with Crippen LogP contribution in [0.25, 0.3) is 11.5 Å². The summed E-state index contributed by atoms with van der Waals surface area (Å²) in [6.07, 6.45) is 0.704. The Hall–Kier alpha value is -2.67. The minimum Gasteiger partial charge on any atom is -0.496 e. The molecule has 0 aliphatic rings. The van der Waals surface area contributed by atoms with Crippen LogP contribution in [-0.4, -0.2) is 23.2 Å². The molecule has 0 fully saturated rings. The molecule has 6 nitrogen and oxygen atoms in total. The SMILES string of the molecule is COc1ccccc1CNC(=O)CCc1nnc(-c2ccsc2)o1. The van der Waals surface area contributed by atoms with E-state index in [9.17, 15) is 4.79 Å². The number of aromatic nitrogens is 2. The molecule has 0 bridgehead atoms. The van der Waals surface area contributed by atoms with Gasteiger partial charge in [0.1, 0.15) is 5.75 Å². The van der Waals surface area contributed by atoms with E-state index in [0.717, 1.165) is 16.9 Å². The van der Waals surface area contributed by atoms with Gasteiger partial charge < -0.3 is 14.5 Å². The van der Waals surface area contributed by atoms with Gasteiger partial charge in [0.05, 0.1) is 7.11 Å². The molecule has 7 heteroatoms. The molecule has 0 spiro atoms. The molecule has 2 aromatic heterocycles. The number of para-hydroxylation sites is 1. The number of hydrogen-bond donors (Lipinski definition) is 1. The number of nitrogens with one attached hydrogen (secondary N) is 1. The van der Waals surface area contributed by atoms with Gasteiger partial charge in [0.25, 0.3) is 0 Å². The van der Waals surface area contributed by atoms with Gasteiger partial charge in [-0.2, -0.15) is 11.3 Å². The van der Waals surface area contributed by atoms with Crippen LogP contribution in [0.1, 0.15) is 17.9 Å². The molecule has 0 radical (unpaired) electrons. The lowest BCUT2D eigenvalue weighted by Gasteiger charge is -2.09. The van der Waals surface area contributed by atoms with Crippen LogP contribution in [0.3, 0.4) is 0 Å². The Morgan fingerprint density at radius 1 is 1.29 bits per heavy atom. The summed E-state index contributed by atoms with van der Waals surface area (Å²) < 4.78 is 10.8. The molecule has 124 valence electrons. The average Bonchev–Trinajstić information content (AvgIpc) is 3.29. The minimum atomic E-state index is -0.0730. The van der Waals surface area contributed by atoms with E-state index in [1.54, 1.807) is 18.4 Å². The maximum atomic E-state index is 12.0. The fraction of sp³-hybridized carbons (Fsp3) is 0.235. The Kier molecular flexibility index (Phi) is 5.22. The monoisotopic (exact) mass is 343 g/mol. The third kappa shape index (κ3) is 3.99. The van der Waals surface area contributed by atoms with Crippen molar-refractivity contribution in [2.75, 3.05) is 7.11 Å². The van der Waals surface area contributed by atoms with Gasteiger partial charge in [-0.15, -0.1) is 10.2 Å². The van der Waals surface area contributed by atoms with Gasteiger partial charge in [0.2, 0.25) is 17.7 Å². The fourth-order valence-electron chi connectivity index (χ4n) is 2.21. The van der Waals surface area contributed by atoms with E-state index >= 15 is 0 Å². The molecule has 3 aromatic rings. The topological polar surface area (TPSA) is 77.2 Å². The Balaban J connectivity index is 1.49. The highest BCUT2D eigenvalue weighted by molar-refractivity contribution is 7.08. The zero-order valence-corrected chi connectivity index (χ0v) is 14.0. The quantitative estimate of drug-likeness (QED) is 0.713. The highest BCUT2D eigenvalue weighted by Gasteiger charge is 2.11. The van der Waals surface area contributed by atoms with E-state index in [0.29, 0.717) is 31.2 Å². The van der Waals surface area contributed by atoms with E-state index < -0.39 is 0 Å². The zero-order chi connectivity index (χ0) is 16.8. The largest absolute Gasteiger partial charge is 0.496 e. The van der Waals surface area contributed by atoms with Crippen LogP contribution in [0, 0.1) is 0 Å². The van der Waals surface area contributed by atoms with Gasteiger partial charge in [-0.25, -0.2) is 0 Å². The van der Waals surface area contributed by atoms with Crippen molar-refractivity contribution in [3.8, 4) is 17.2 Å². The molecule has 24 heavy (non-hydrogen) atoms. The normalized spacial score (nSPS) is 10.5. The van der Waals surface area contributed by atoms with Crippen LogP contribution in [0.2, 0.25) is 0 Å². The van der Waals surface area contributed by atoms with Crippen LogP contribution in [0.5, 0.6) is 5.75 Å². The van der Waals surface area contributed by atoms with Gasteiger partial charge in [-0.05, 0) is 17.5 Å². The molecule has 0 saturated heterocycles. The molecule has 1 N–H and O–H groups in total. The summed E-state index contributed by atoms with van der Waals surface area (Å²) in [5, 5.41) is 14.7. The van der Waals surface area contributed by atoms with Crippen molar-refractivity contribution in [3.05, 3.63) is 52.5 Å². The van der Waals surface area contributed by atoms with E-state index in [-0.39, 0.29) is 5.91 Å². The van der Waals surface area contributed by atoms with Gasteiger partial charge >= 0.3 is 0 Å². The van der Waals surface area contributed by atoms with Crippen molar-refractivity contribution in [1.82, 2.24) is 15.5 Å². The minimum absolute atomic E-state index is 0.0730. The van der Waals surface area contributed by atoms with Crippen molar-refractivity contribution in [2.45, 2.75) is 19.4 Å². The molecule has 0 saturated carbocycles. The second kappa shape index (κ2) is 7.74. The molecule has 1 amide bonds. The van der Waals surface area contributed by atoms with Crippen molar-refractivity contribution >= 4 is 17.2 Å². The van der Waals surface area contributed by atoms with Crippen LogP contribution < -0.4 is 10.1 Å². The Morgan fingerprint density at radius 2 is 2.17 bits per heavy atom. The van der Waals surface area contributed by atoms with Crippen LogP contribution in [-0.2, 0) is 17.8 Å². The van der Waals surface area contributed by atoms with Gasteiger partial charge in [0.15, 0.2) is 0 Å². The number of rotatable bonds is 7. The Morgan fingerprint density at radius 3 is 2.96 bits per heavy atom. The van der Waals surface area contributed by atoms with Crippen molar-refractivity contribution in [3.63, 3.8) is 0 Å². The number of aryl methyl sites for hydroxylation is 1. The summed E-state index contributed by atoms with van der Waals surface area (Å²) in [6, 6.07) is 9.51. The van der Waals surface area contributed by atoms with E-state index in [1.165, 1.54) is 0 Å². The number of hydrogen-bond acceptors (Lipinski definition) is 6. The number of thiophene rings is 1. The molecule has 3 rings (SSSR count). The van der Waals surface area contributed by atoms with Crippen LogP contribution in [0.4, 0.5) is 0 Å². The fourth-order valence-corrected chi connectivity index (χ4v) is 2.84. The first-order valence-corrected chi connectivity index (χ1v) is 8.44. The standard InChI is InChI=1S/C17H17N3O3S/c1-22-14-5-3-2-4-12(14)10-18-15(21)6-7-16-19-20-17(23-16)13-8-9-24-11-13/h2-5,8-9,11H,6-7,10H2,1H3,(H,18,21). The lowest BCUT2D eigenvalue weighted by atomic mass is 10.2. The zero-order valence-electron chi connectivity index (χ0n) is 13.2. The van der Waals surface area contributed by atoms with Crippen molar-refractivity contribution in [1.29, 1.82) is 0 Å². The number of amides is 1. The van der Waals surface area contributed by atoms with Crippen molar-refractivity contribution < 1.29 is 13.9 Å². The Labute approximate surface area is 143 Å². The molecule has 0 aliphatic heterocycles. The van der Waals surface area contributed by atoms with Crippen molar-refractivity contribution in [2.24, 2.45) is 0 Å². The van der Waals surface area contributed by atoms with Crippen LogP contribution in [0.15, 0.2) is 45.5 Å². The molecule has 0 unspecified atom stereocenters. The Bertz CT molecular complexity index is 799. The first kappa shape index (κ1) is 16.2. The van der Waals surface area contributed by atoms with E-state index in [1.807, 2.05) is 41.1 Å². The number of carbonyl (C=O) groups excluding carboxylic acids is 1. The van der Waals surface area contributed by atoms with E-state index in [2.05, 4.69) is 15.5 Å². The summed E-state index contributed by atoms with van der Waals surface area (Å²) in [5.41, 5.74) is 1.84. The maximum absolute atomic E-state index is 12.0. The summed E-state index contributed by atoms with van der Waals surface area (Å²) in [7, 11) is 1.61. The second-order valence-electron chi connectivity index (χ2n) is 5.10. The lowest BCUT2D eigenvalue weighted by Crippen LogP contribution is -2.23. The third-order valence-electron chi connectivity index (χ3n) is 3.47. The number of ether oxygens (including phenoxy) is 1. The van der Waals surface area contributed by atoms with Gasteiger partial charge in [-0.1, -0.05) is 18.2 Å². The predicted molar refractivity (Wildman–Crippen MR) is 90.8 cm³/mol. The summed E-state index contributed by atoms with van der Waals surface area (Å²) in [6.45, 7) is 0.423. The third-order valence-corrected chi connectivity index (χ3v) is 4.15. The molecular weight excluding hydrogens is 326 g/mol. The first-order valence-electron chi connectivity index (χ1n) is 7.50. The van der Waals surface area contributed by atoms with Crippen LogP contribution >= 0.6 is 11.3 Å². The number of nitrogens with zero attached hydrogens (tertiary/aromatic N) is 2. The number of carbonyl (C=O) groups is 1. The molecular formula is C17H17N3O3S. The lowest BCUT2D eigenvalue weighted by molar-refractivity contribution is -0.121. The maximum Gasteiger partial charge on any atom is 0.248 e. The first-order chi connectivity index (χ1) is 11.8. The number of benzene rings is 1. The molecule has 1 aromatic carbocycles. The summed E-state index contributed by atoms with van der Waals surface area (Å²) >= 11 is 1.57.